The largest absolute Gasteiger partial charge is 0.314 e. The quantitative estimate of drug-likeness (QED) is 0.697. The molecule has 0 spiro atoms. The number of aromatic nitrogens is 2. The van der Waals surface area contributed by atoms with Gasteiger partial charge in [0.05, 0.1) is 5.75 Å². The fourth-order valence-electron chi connectivity index (χ4n) is 2.39. The molecule has 2 heterocycles. The Hall–Kier alpha value is -1.66. The lowest BCUT2D eigenvalue weighted by Gasteiger charge is -2.24. The summed E-state index contributed by atoms with van der Waals surface area (Å²) in [6, 6.07) is 5.31. The summed E-state index contributed by atoms with van der Waals surface area (Å²) < 4.78 is 13.1. The summed E-state index contributed by atoms with van der Waals surface area (Å²) in [5, 5.41) is -0.482. The van der Waals surface area contributed by atoms with Crippen LogP contribution < -0.4 is 4.90 Å². The molecule has 1 aliphatic rings. The predicted molar refractivity (Wildman–Crippen MR) is 81.6 cm³/mol. The van der Waals surface area contributed by atoms with Crippen LogP contribution in [0.3, 0.4) is 0 Å². The average Bonchev–Trinajstić information content (AvgIpc) is 2.86. The number of carbonyl (C=O) groups excluding carboxylic acids is 1. The molecule has 108 valence electrons. The molecule has 7 heteroatoms. The van der Waals surface area contributed by atoms with Gasteiger partial charge in [-0.3, -0.25) is 4.79 Å². The molecule has 21 heavy (non-hydrogen) atoms. The van der Waals surface area contributed by atoms with E-state index in [2.05, 4.69) is 22.6 Å². The fourth-order valence-corrected chi connectivity index (χ4v) is 2.72. The number of nitrogens with zero attached hydrogens (tertiary/aromatic N) is 3. The Labute approximate surface area is 131 Å². The van der Waals surface area contributed by atoms with Gasteiger partial charge < -0.3 is 4.90 Å². The monoisotopic (exact) mass is 323 g/mol. The lowest BCUT2D eigenvalue weighted by Crippen LogP contribution is -2.33. The van der Waals surface area contributed by atoms with Gasteiger partial charge >= 0.3 is 0 Å². The Bertz CT molecular complexity index is 695. The van der Waals surface area contributed by atoms with Crippen LogP contribution in [0.2, 0.25) is 0 Å². The molecule has 1 atom stereocenters. The lowest BCUT2D eigenvalue weighted by atomic mass is 10.2. The van der Waals surface area contributed by atoms with E-state index in [1.54, 1.807) is 23.2 Å². The number of carbonyl (C=O) groups is 1. The number of thiol groups is 1. The summed E-state index contributed by atoms with van der Waals surface area (Å²) in [7, 11) is 0. The van der Waals surface area contributed by atoms with Crippen LogP contribution in [-0.2, 0) is 17.0 Å². The van der Waals surface area contributed by atoms with Crippen LogP contribution in [0.1, 0.15) is 11.4 Å². The normalized spacial score (nSPS) is 16.9. The van der Waals surface area contributed by atoms with Gasteiger partial charge in [-0.1, -0.05) is 0 Å². The molecular weight excluding hydrogens is 313 g/mol. The van der Waals surface area contributed by atoms with Gasteiger partial charge in [-0.25, -0.2) is 14.4 Å². The minimum absolute atomic E-state index is 0.342. The third-order valence-electron chi connectivity index (χ3n) is 3.35. The Morgan fingerprint density at radius 3 is 2.76 bits per heavy atom. The fraction of sp³-hybridized carbons (Fsp3) is 0.214. The van der Waals surface area contributed by atoms with Gasteiger partial charge in [-0.05, 0) is 35.9 Å². The third kappa shape index (κ3) is 2.61. The van der Waals surface area contributed by atoms with E-state index in [9.17, 15) is 9.18 Å². The van der Waals surface area contributed by atoms with Crippen LogP contribution >= 0.6 is 24.2 Å². The molecule has 1 aliphatic heterocycles. The highest BCUT2D eigenvalue weighted by Crippen LogP contribution is 2.37. The molecule has 0 amide bonds. The number of hydrogen-bond donors (Lipinski definition) is 1. The zero-order valence-electron chi connectivity index (χ0n) is 10.8. The van der Waals surface area contributed by atoms with E-state index in [0.29, 0.717) is 29.5 Å². The van der Waals surface area contributed by atoms with Crippen molar-refractivity contribution in [2.75, 3.05) is 4.90 Å². The molecule has 0 fully saturated rings. The molecule has 0 radical (unpaired) electrons. The van der Waals surface area contributed by atoms with Gasteiger partial charge in [-0.15, -0.1) is 0 Å². The summed E-state index contributed by atoms with van der Waals surface area (Å²) in [5.74, 6) is 1.24. The second-order valence-corrected chi connectivity index (χ2v) is 5.35. The van der Waals surface area contributed by atoms with E-state index in [0.717, 1.165) is 5.56 Å². The first-order valence-corrected chi connectivity index (χ1v) is 7.31. The molecular formula is C14H11ClFN3OS. The van der Waals surface area contributed by atoms with Crippen LogP contribution in [0.5, 0.6) is 0 Å². The van der Waals surface area contributed by atoms with E-state index in [1.807, 2.05) is 0 Å². The number of anilines is 2. The Morgan fingerprint density at radius 1 is 1.43 bits per heavy atom. The van der Waals surface area contributed by atoms with E-state index in [1.165, 1.54) is 12.1 Å². The topological polar surface area (TPSA) is 46.1 Å². The van der Waals surface area contributed by atoms with Crippen LogP contribution in [0.25, 0.3) is 0 Å². The van der Waals surface area contributed by atoms with E-state index in [-0.39, 0.29) is 5.82 Å². The molecule has 1 aromatic heterocycles. The number of rotatable bonds is 3. The second kappa shape index (κ2) is 5.61. The van der Waals surface area contributed by atoms with Crippen molar-refractivity contribution in [3.05, 3.63) is 47.7 Å². The molecule has 2 aromatic rings. The van der Waals surface area contributed by atoms with Crippen LogP contribution in [0.15, 0.2) is 30.5 Å². The maximum absolute atomic E-state index is 13.1. The summed E-state index contributed by atoms with van der Waals surface area (Å²) >= 11 is 9.86. The van der Waals surface area contributed by atoms with Crippen molar-refractivity contribution in [2.24, 2.45) is 0 Å². The predicted octanol–water partition coefficient (Wildman–Crippen LogP) is 2.87. The van der Waals surface area contributed by atoms with Crippen molar-refractivity contribution in [2.45, 2.75) is 18.2 Å². The standard InChI is InChI=1S/C14H11ClFN3OS/c15-13(20)11-5-8-6-17-12(7-21)18-14(8)19(11)10-3-1-9(16)2-4-10/h1-4,6,11,21H,5,7H2. The highest BCUT2D eigenvalue weighted by atomic mass is 35.5. The molecule has 0 bridgehead atoms. The van der Waals surface area contributed by atoms with Crippen molar-refractivity contribution in [1.82, 2.24) is 9.97 Å². The Morgan fingerprint density at radius 2 is 2.14 bits per heavy atom. The van der Waals surface area contributed by atoms with Gasteiger partial charge in [0.2, 0.25) is 5.24 Å². The summed E-state index contributed by atoms with van der Waals surface area (Å²) in [6.45, 7) is 0. The minimum Gasteiger partial charge on any atom is -0.314 e. The summed E-state index contributed by atoms with van der Waals surface area (Å²) in [6.07, 6.45) is 2.12. The smallest absolute Gasteiger partial charge is 0.244 e. The van der Waals surface area contributed by atoms with Crippen molar-refractivity contribution in [3.8, 4) is 0 Å². The van der Waals surface area contributed by atoms with Crippen LogP contribution in [-0.4, -0.2) is 21.3 Å². The second-order valence-electron chi connectivity index (χ2n) is 4.66. The molecule has 0 saturated heterocycles. The van der Waals surface area contributed by atoms with Crippen LogP contribution in [0, 0.1) is 5.82 Å². The van der Waals surface area contributed by atoms with Gasteiger partial charge in [0.1, 0.15) is 23.5 Å². The number of benzene rings is 1. The number of fused-ring (bicyclic) bond motifs is 1. The number of hydrogen-bond acceptors (Lipinski definition) is 5. The van der Waals surface area contributed by atoms with Crippen molar-refractivity contribution < 1.29 is 9.18 Å². The van der Waals surface area contributed by atoms with E-state index in [4.69, 9.17) is 11.6 Å². The van der Waals surface area contributed by atoms with Crippen molar-refractivity contribution >= 4 is 41.0 Å². The van der Waals surface area contributed by atoms with Crippen molar-refractivity contribution in [1.29, 1.82) is 0 Å². The molecule has 1 unspecified atom stereocenters. The zero-order valence-corrected chi connectivity index (χ0v) is 12.5. The van der Waals surface area contributed by atoms with E-state index < -0.39 is 11.3 Å². The minimum atomic E-state index is -0.559. The Kier molecular flexibility index (Phi) is 3.82. The maximum Gasteiger partial charge on any atom is 0.244 e. The summed E-state index contributed by atoms with van der Waals surface area (Å²) in [4.78, 5) is 22.0. The molecule has 0 aliphatic carbocycles. The van der Waals surface area contributed by atoms with E-state index >= 15 is 0 Å². The Balaban J connectivity index is 2.11. The molecule has 1 aromatic carbocycles. The third-order valence-corrected chi connectivity index (χ3v) is 3.89. The van der Waals surface area contributed by atoms with Gasteiger partial charge in [0, 0.05) is 23.9 Å². The first-order valence-electron chi connectivity index (χ1n) is 6.30. The van der Waals surface area contributed by atoms with Crippen molar-refractivity contribution in [3.63, 3.8) is 0 Å². The molecule has 3 rings (SSSR count). The number of halogens is 2. The van der Waals surface area contributed by atoms with Gasteiger partial charge in [-0.2, -0.15) is 12.6 Å². The molecule has 0 N–H and O–H groups in total. The lowest BCUT2D eigenvalue weighted by molar-refractivity contribution is -0.112. The first kappa shape index (κ1) is 14.3. The summed E-state index contributed by atoms with van der Waals surface area (Å²) in [5.41, 5.74) is 1.50. The van der Waals surface area contributed by atoms with Gasteiger partial charge in [0.15, 0.2) is 0 Å². The van der Waals surface area contributed by atoms with Crippen LogP contribution in [0.4, 0.5) is 15.9 Å². The first-order chi connectivity index (χ1) is 10.1. The SMILES string of the molecule is O=C(Cl)C1Cc2cnc(CS)nc2N1c1ccc(F)cc1. The molecule has 0 saturated carbocycles. The zero-order chi connectivity index (χ0) is 15.0. The highest BCUT2D eigenvalue weighted by Gasteiger charge is 2.36. The average molecular weight is 324 g/mol. The highest BCUT2D eigenvalue weighted by molar-refractivity contribution is 7.79. The maximum atomic E-state index is 13.1. The molecule has 4 nitrogen and oxygen atoms in total. The van der Waals surface area contributed by atoms with Gasteiger partial charge in [0.25, 0.3) is 0 Å².